The van der Waals surface area contributed by atoms with Gasteiger partial charge in [-0.15, -0.1) is 5.10 Å². The van der Waals surface area contributed by atoms with Crippen LogP contribution in [0.2, 0.25) is 5.02 Å². The van der Waals surface area contributed by atoms with E-state index in [1.165, 1.54) is 0 Å². The van der Waals surface area contributed by atoms with Crippen LogP contribution in [0.4, 0.5) is 23.1 Å². The predicted octanol–water partition coefficient (Wildman–Crippen LogP) is 3.95. The molecule has 1 heterocycles. The molecule has 0 aliphatic heterocycles. The van der Waals surface area contributed by atoms with Crippen LogP contribution >= 0.6 is 11.6 Å². The molecule has 0 aliphatic carbocycles. The van der Waals surface area contributed by atoms with Crippen LogP contribution in [-0.4, -0.2) is 29.3 Å². The minimum atomic E-state index is 0.463. The highest BCUT2D eigenvalue weighted by Crippen LogP contribution is 2.19. The second-order valence-corrected chi connectivity index (χ2v) is 6.15. The number of benzene rings is 2. The van der Waals surface area contributed by atoms with Crippen LogP contribution in [0, 0.1) is 0 Å². The average Bonchev–Trinajstić information content (AvgIpc) is 2.62. The Hall–Kier alpha value is -2.86. The van der Waals surface area contributed by atoms with Gasteiger partial charge >= 0.3 is 0 Å². The summed E-state index contributed by atoms with van der Waals surface area (Å²) >= 11 is 5.89. The molecule has 0 unspecified atom stereocenters. The number of nitrogens with one attached hydrogen (secondary N) is 2. The van der Waals surface area contributed by atoms with Gasteiger partial charge in [-0.1, -0.05) is 23.7 Å². The molecule has 0 radical (unpaired) electrons. The molecule has 3 rings (SSSR count). The summed E-state index contributed by atoms with van der Waals surface area (Å²) in [6.07, 6.45) is 1.59. The van der Waals surface area contributed by atoms with Crippen LogP contribution in [0.1, 0.15) is 5.56 Å². The summed E-state index contributed by atoms with van der Waals surface area (Å²) in [4.78, 5) is 6.48. The number of nitrogens with zero attached hydrogens (tertiary/aromatic N) is 4. The lowest BCUT2D eigenvalue weighted by Gasteiger charge is -2.13. The monoisotopic (exact) mass is 354 g/mol. The molecule has 3 aromatic rings. The Balaban J connectivity index is 1.63. The van der Waals surface area contributed by atoms with Crippen molar-refractivity contribution >= 4 is 34.7 Å². The quantitative estimate of drug-likeness (QED) is 0.698. The molecule has 0 bridgehead atoms. The van der Waals surface area contributed by atoms with Crippen molar-refractivity contribution in [3.05, 3.63) is 65.3 Å². The molecule has 128 valence electrons. The Kier molecular flexibility index (Phi) is 5.30. The topological polar surface area (TPSA) is 66.0 Å². The van der Waals surface area contributed by atoms with Crippen molar-refractivity contribution in [3.63, 3.8) is 0 Å². The van der Waals surface area contributed by atoms with E-state index >= 15 is 0 Å². The zero-order chi connectivity index (χ0) is 17.6. The number of rotatable bonds is 6. The summed E-state index contributed by atoms with van der Waals surface area (Å²) in [7, 11) is 4.02. The summed E-state index contributed by atoms with van der Waals surface area (Å²) in [6.45, 7) is 0.597. The Morgan fingerprint density at radius 2 is 1.72 bits per heavy atom. The molecule has 2 aromatic carbocycles. The van der Waals surface area contributed by atoms with Crippen LogP contribution in [0.15, 0.2) is 54.7 Å². The first-order chi connectivity index (χ1) is 12.1. The van der Waals surface area contributed by atoms with Gasteiger partial charge in [0.15, 0.2) is 5.82 Å². The Bertz CT molecular complexity index is 818. The smallest absolute Gasteiger partial charge is 0.244 e. The molecule has 0 saturated carbocycles. The molecule has 7 heteroatoms. The fourth-order valence-electron chi connectivity index (χ4n) is 2.21. The summed E-state index contributed by atoms with van der Waals surface area (Å²) < 4.78 is 0. The van der Waals surface area contributed by atoms with Crippen molar-refractivity contribution < 1.29 is 0 Å². The van der Waals surface area contributed by atoms with Crippen molar-refractivity contribution in [2.75, 3.05) is 29.6 Å². The second-order valence-electron chi connectivity index (χ2n) is 5.71. The van der Waals surface area contributed by atoms with E-state index in [-0.39, 0.29) is 0 Å². The Morgan fingerprint density at radius 1 is 1.00 bits per heavy atom. The van der Waals surface area contributed by atoms with Gasteiger partial charge in [-0.25, -0.2) is 0 Å². The number of hydrogen-bond donors (Lipinski definition) is 2. The molecule has 0 aliphatic rings. The highest BCUT2D eigenvalue weighted by molar-refractivity contribution is 6.30. The fraction of sp³-hybridized carbons (Fsp3) is 0.167. The first-order valence-electron chi connectivity index (χ1n) is 7.82. The van der Waals surface area contributed by atoms with Gasteiger partial charge in [0, 0.05) is 37.0 Å². The third-order valence-electron chi connectivity index (χ3n) is 3.58. The Labute approximate surface area is 151 Å². The van der Waals surface area contributed by atoms with Crippen LogP contribution in [0.5, 0.6) is 0 Å². The maximum absolute atomic E-state index is 5.89. The maximum Gasteiger partial charge on any atom is 0.244 e. The summed E-state index contributed by atoms with van der Waals surface area (Å²) in [5.41, 5.74) is 3.16. The summed E-state index contributed by atoms with van der Waals surface area (Å²) in [5, 5.41) is 15.1. The molecule has 0 saturated heterocycles. The van der Waals surface area contributed by atoms with Crippen molar-refractivity contribution in [1.82, 2.24) is 15.2 Å². The van der Waals surface area contributed by atoms with E-state index in [2.05, 4.69) is 30.7 Å². The van der Waals surface area contributed by atoms with Crippen LogP contribution in [0.25, 0.3) is 0 Å². The Morgan fingerprint density at radius 3 is 2.40 bits per heavy atom. The van der Waals surface area contributed by atoms with E-state index in [1.807, 2.05) is 62.6 Å². The molecule has 0 fully saturated rings. The van der Waals surface area contributed by atoms with Gasteiger partial charge in [-0.05, 0) is 42.0 Å². The number of anilines is 4. The van der Waals surface area contributed by atoms with Gasteiger partial charge in [0.05, 0.1) is 6.20 Å². The second kappa shape index (κ2) is 7.81. The van der Waals surface area contributed by atoms with E-state index in [0.717, 1.165) is 16.9 Å². The minimum absolute atomic E-state index is 0.463. The lowest BCUT2D eigenvalue weighted by Crippen LogP contribution is -2.08. The van der Waals surface area contributed by atoms with Crippen LogP contribution < -0.4 is 15.5 Å². The van der Waals surface area contributed by atoms with E-state index in [0.29, 0.717) is 23.3 Å². The molecule has 0 spiro atoms. The molecule has 25 heavy (non-hydrogen) atoms. The van der Waals surface area contributed by atoms with E-state index in [1.54, 1.807) is 6.20 Å². The standard InChI is InChI=1S/C18H19ClN6/c1-25(2)16-9-7-15(8-10-16)22-17-12-21-24-18(23-17)20-11-13-3-5-14(19)6-4-13/h3-10,12H,11H2,1-2H3,(H2,20,22,23,24). The number of halogens is 1. The van der Waals surface area contributed by atoms with Gasteiger partial charge < -0.3 is 15.5 Å². The van der Waals surface area contributed by atoms with E-state index < -0.39 is 0 Å². The van der Waals surface area contributed by atoms with Gasteiger partial charge in [0.25, 0.3) is 0 Å². The number of hydrogen-bond acceptors (Lipinski definition) is 6. The van der Waals surface area contributed by atoms with Gasteiger partial charge in [-0.3, -0.25) is 0 Å². The highest BCUT2D eigenvalue weighted by Gasteiger charge is 2.02. The van der Waals surface area contributed by atoms with E-state index in [9.17, 15) is 0 Å². The van der Waals surface area contributed by atoms with Gasteiger partial charge in [-0.2, -0.15) is 10.1 Å². The molecule has 1 aromatic heterocycles. The maximum atomic E-state index is 5.89. The van der Waals surface area contributed by atoms with E-state index in [4.69, 9.17) is 11.6 Å². The minimum Gasteiger partial charge on any atom is -0.378 e. The van der Waals surface area contributed by atoms with Crippen molar-refractivity contribution in [2.45, 2.75) is 6.54 Å². The lowest BCUT2D eigenvalue weighted by molar-refractivity contribution is 0.949. The summed E-state index contributed by atoms with van der Waals surface area (Å²) in [5.74, 6) is 1.09. The van der Waals surface area contributed by atoms with Crippen LogP contribution in [-0.2, 0) is 6.54 Å². The first-order valence-corrected chi connectivity index (χ1v) is 8.20. The molecular weight excluding hydrogens is 336 g/mol. The zero-order valence-electron chi connectivity index (χ0n) is 14.1. The van der Waals surface area contributed by atoms with Gasteiger partial charge in [0.1, 0.15) is 0 Å². The zero-order valence-corrected chi connectivity index (χ0v) is 14.8. The fourth-order valence-corrected chi connectivity index (χ4v) is 2.34. The molecule has 0 amide bonds. The summed E-state index contributed by atoms with van der Waals surface area (Å²) in [6, 6.07) is 15.7. The van der Waals surface area contributed by atoms with Crippen molar-refractivity contribution in [2.24, 2.45) is 0 Å². The largest absolute Gasteiger partial charge is 0.378 e. The molecular formula is C18H19ClN6. The van der Waals surface area contributed by atoms with Crippen molar-refractivity contribution in [1.29, 1.82) is 0 Å². The predicted molar refractivity (Wildman–Crippen MR) is 103 cm³/mol. The normalized spacial score (nSPS) is 10.4. The van der Waals surface area contributed by atoms with Crippen LogP contribution in [0.3, 0.4) is 0 Å². The SMILES string of the molecule is CN(C)c1ccc(Nc2cnnc(NCc3ccc(Cl)cc3)n2)cc1. The molecule has 2 N–H and O–H groups in total. The third-order valence-corrected chi connectivity index (χ3v) is 3.83. The molecule has 6 nitrogen and oxygen atoms in total. The van der Waals surface area contributed by atoms with Crippen molar-refractivity contribution in [3.8, 4) is 0 Å². The van der Waals surface area contributed by atoms with Gasteiger partial charge in [0.2, 0.25) is 5.95 Å². The molecule has 0 atom stereocenters. The first kappa shape index (κ1) is 17.0. The lowest BCUT2D eigenvalue weighted by atomic mass is 10.2. The highest BCUT2D eigenvalue weighted by atomic mass is 35.5. The third kappa shape index (κ3) is 4.81. The average molecular weight is 355 g/mol. The number of aromatic nitrogens is 3.